The van der Waals surface area contributed by atoms with Gasteiger partial charge in [-0.25, -0.2) is 4.98 Å². The Hall–Kier alpha value is -0.940. The highest BCUT2D eigenvalue weighted by molar-refractivity contribution is 7.15. The number of amides is 1. The maximum atomic E-state index is 11.9. The lowest BCUT2D eigenvalue weighted by molar-refractivity contribution is -0.119. The van der Waals surface area contributed by atoms with Gasteiger partial charge in [0.15, 0.2) is 5.13 Å². The van der Waals surface area contributed by atoms with E-state index in [1.807, 2.05) is 27.7 Å². The fourth-order valence-corrected chi connectivity index (χ4v) is 2.45. The Labute approximate surface area is 113 Å². The maximum Gasteiger partial charge on any atom is 0.228 e. The predicted molar refractivity (Wildman–Crippen MR) is 76.9 cm³/mol. The van der Waals surface area contributed by atoms with Crippen molar-refractivity contribution in [3.8, 4) is 0 Å². The summed E-state index contributed by atoms with van der Waals surface area (Å²) in [7, 11) is 0. The Morgan fingerprint density at radius 3 is 2.56 bits per heavy atom. The fraction of sp³-hybridized carbons (Fsp3) is 0.692. The minimum atomic E-state index is 0.00765. The van der Waals surface area contributed by atoms with Crippen LogP contribution in [-0.4, -0.2) is 16.9 Å². The number of hydrogen-bond acceptors (Lipinski definition) is 4. The van der Waals surface area contributed by atoms with Crippen LogP contribution in [0.3, 0.4) is 0 Å². The maximum absolute atomic E-state index is 11.9. The summed E-state index contributed by atoms with van der Waals surface area (Å²) in [5.41, 5.74) is 6.67. The molecule has 0 aliphatic heterocycles. The molecule has 0 saturated heterocycles. The van der Waals surface area contributed by atoms with Gasteiger partial charge >= 0.3 is 0 Å². The van der Waals surface area contributed by atoms with Gasteiger partial charge in [0.1, 0.15) is 0 Å². The normalized spacial score (nSPS) is 14.3. The summed E-state index contributed by atoms with van der Waals surface area (Å²) in [6, 6.07) is 0.213. The molecule has 1 aromatic heterocycles. The number of nitrogens with one attached hydrogen (secondary N) is 1. The number of aryl methyl sites for hydroxylation is 2. The third-order valence-electron chi connectivity index (χ3n) is 3.00. The van der Waals surface area contributed by atoms with Crippen molar-refractivity contribution in [1.29, 1.82) is 0 Å². The van der Waals surface area contributed by atoms with E-state index in [1.165, 1.54) is 11.3 Å². The second kappa shape index (κ2) is 6.85. The molecule has 1 rings (SSSR count). The zero-order valence-electron chi connectivity index (χ0n) is 11.6. The van der Waals surface area contributed by atoms with Gasteiger partial charge < -0.3 is 11.1 Å². The summed E-state index contributed by atoms with van der Waals surface area (Å²) in [5.74, 6) is 0.0571. The van der Waals surface area contributed by atoms with Gasteiger partial charge in [-0.2, -0.15) is 0 Å². The second-order valence-electron chi connectivity index (χ2n) is 4.96. The molecular weight excluding hydrogens is 246 g/mol. The number of hydrogen-bond donors (Lipinski definition) is 2. The lowest BCUT2D eigenvalue weighted by Gasteiger charge is -2.11. The minimum Gasteiger partial charge on any atom is -0.328 e. The molecule has 102 valence electrons. The molecule has 2 unspecified atom stereocenters. The first kappa shape index (κ1) is 15.1. The van der Waals surface area contributed by atoms with Crippen LogP contribution >= 0.6 is 11.3 Å². The van der Waals surface area contributed by atoms with Crippen molar-refractivity contribution in [2.45, 2.75) is 53.0 Å². The summed E-state index contributed by atoms with van der Waals surface area (Å²) in [4.78, 5) is 17.4. The molecule has 0 aromatic carbocycles. The molecule has 4 nitrogen and oxygen atoms in total. The number of carbonyl (C=O) groups is 1. The molecule has 0 aliphatic carbocycles. The summed E-state index contributed by atoms with van der Waals surface area (Å²) in [5, 5.41) is 3.58. The van der Waals surface area contributed by atoms with E-state index >= 15 is 0 Å². The zero-order chi connectivity index (χ0) is 13.7. The molecule has 18 heavy (non-hydrogen) atoms. The van der Waals surface area contributed by atoms with Crippen LogP contribution in [0.1, 0.15) is 43.7 Å². The molecule has 2 atom stereocenters. The van der Waals surface area contributed by atoms with E-state index in [4.69, 9.17) is 5.73 Å². The van der Waals surface area contributed by atoms with Crippen molar-refractivity contribution in [1.82, 2.24) is 4.98 Å². The third-order valence-corrected chi connectivity index (χ3v) is 3.99. The summed E-state index contributed by atoms with van der Waals surface area (Å²) in [6.45, 7) is 7.90. The molecule has 0 spiro atoms. The largest absolute Gasteiger partial charge is 0.328 e. The van der Waals surface area contributed by atoms with Crippen LogP contribution in [0.4, 0.5) is 5.13 Å². The van der Waals surface area contributed by atoms with Crippen molar-refractivity contribution >= 4 is 22.4 Å². The summed E-state index contributed by atoms with van der Waals surface area (Å²) < 4.78 is 0. The minimum absolute atomic E-state index is 0.00765. The number of carbonyl (C=O) groups excluding carboxylic acids is 1. The average Bonchev–Trinajstić information content (AvgIpc) is 2.57. The van der Waals surface area contributed by atoms with Crippen LogP contribution in [0, 0.1) is 19.8 Å². The highest BCUT2D eigenvalue weighted by atomic mass is 32.1. The molecule has 0 saturated carbocycles. The standard InChI is InChI=1S/C13H23N3OS/c1-8(6-5-7-9(2)14)12(17)16-13-15-10(3)11(4)18-13/h8-9H,5-7,14H2,1-4H3,(H,15,16,17). The van der Waals surface area contributed by atoms with Crippen molar-refractivity contribution in [3.05, 3.63) is 10.6 Å². The molecular formula is C13H23N3OS. The Morgan fingerprint density at radius 1 is 1.39 bits per heavy atom. The molecule has 0 radical (unpaired) electrons. The highest BCUT2D eigenvalue weighted by Crippen LogP contribution is 2.22. The topological polar surface area (TPSA) is 68.0 Å². The molecule has 0 aliphatic rings. The highest BCUT2D eigenvalue weighted by Gasteiger charge is 2.15. The number of aromatic nitrogens is 1. The SMILES string of the molecule is Cc1nc(NC(=O)C(C)CCCC(C)N)sc1C. The van der Waals surface area contributed by atoms with E-state index in [2.05, 4.69) is 10.3 Å². The molecule has 0 fully saturated rings. The Bertz CT molecular complexity index is 381. The van der Waals surface area contributed by atoms with Crippen molar-refractivity contribution in [2.24, 2.45) is 11.7 Å². The van der Waals surface area contributed by atoms with Gasteiger partial charge in [-0.05, 0) is 33.6 Å². The lowest BCUT2D eigenvalue weighted by Crippen LogP contribution is -2.21. The monoisotopic (exact) mass is 269 g/mol. The quantitative estimate of drug-likeness (QED) is 0.834. The van der Waals surface area contributed by atoms with E-state index in [-0.39, 0.29) is 17.9 Å². The molecule has 3 N–H and O–H groups in total. The number of nitrogens with two attached hydrogens (primary N) is 1. The first-order chi connectivity index (χ1) is 8.40. The van der Waals surface area contributed by atoms with Gasteiger partial charge in [0.25, 0.3) is 0 Å². The van der Waals surface area contributed by atoms with Crippen molar-refractivity contribution in [2.75, 3.05) is 5.32 Å². The van der Waals surface area contributed by atoms with Crippen LogP contribution < -0.4 is 11.1 Å². The summed E-state index contributed by atoms with van der Waals surface area (Å²) in [6.07, 6.45) is 2.83. The Balaban J connectivity index is 2.40. The van der Waals surface area contributed by atoms with Crippen LogP contribution in [0.2, 0.25) is 0 Å². The molecule has 1 heterocycles. The summed E-state index contributed by atoms with van der Waals surface area (Å²) >= 11 is 1.53. The zero-order valence-corrected chi connectivity index (χ0v) is 12.4. The lowest BCUT2D eigenvalue weighted by atomic mass is 10.0. The van der Waals surface area contributed by atoms with Gasteiger partial charge in [-0.3, -0.25) is 4.79 Å². The fourth-order valence-electron chi connectivity index (χ4n) is 1.63. The van der Waals surface area contributed by atoms with Gasteiger partial charge in [0.2, 0.25) is 5.91 Å². The van der Waals surface area contributed by atoms with Gasteiger partial charge in [-0.15, -0.1) is 11.3 Å². The van der Waals surface area contributed by atoms with E-state index < -0.39 is 0 Å². The molecule has 5 heteroatoms. The first-order valence-electron chi connectivity index (χ1n) is 6.40. The molecule has 1 amide bonds. The second-order valence-corrected chi connectivity index (χ2v) is 6.16. The number of nitrogens with zero attached hydrogens (tertiary/aromatic N) is 1. The van der Waals surface area contributed by atoms with E-state index in [0.29, 0.717) is 5.13 Å². The van der Waals surface area contributed by atoms with E-state index in [1.54, 1.807) is 0 Å². The van der Waals surface area contributed by atoms with Crippen molar-refractivity contribution in [3.63, 3.8) is 0 Å². The van der Waals surface area contributed by atoms with E-state index in [0.717, 1.165) is 29.8 Å². The molecule has 0 bridgehead atoms. The van der Waals surface area contributed by atoms with Gasteiger partial charge in [-0.1, -0.05) is 13.3 Å². The average molecular weight is 269 g/mol. The van der Waals surface area contributed by atoms with Gasteiger partial charge in [0.05, 0.1) is 5.69 Å². The molecule has 1 aromatic rings. The first-order valence-corrected chi connectivity index (χ1v) is 7.22. The Kier molecular flexibility index (Phi) is 5.75. The number of rotatable bonds is 6. The van der Waals surface area contributed by atoms with Crippen LogP contribution in [-0.2, 0) is 4.79 Å². The van der Waals surface area contributed by atoms with Crippen LogP contribution in [0.25, 0.3) is 0 Å². The van der Waals surface area contributed by atoms with Crippen LogP contribution in [0.15, 0.2) is 0 Å². The number of thiazole rings is 1. The predicted octanol–water partition coefficient (Wildman–Crippen LogP) is 2.85. The third kappa shape index (κ3) is 4.74. The number of anilines is 1. The van der Waals surface area contributed by atoms with Crippen molar-refractivity contribution < 1.29 is 4.79 Å². The Morgan fingerprint density at radius 2 is 2.06 bits per heavy atom. The smallest absolute Gasteiger partial charge is 0.228 e. The van der Waals surface area contributed by atoms with Gasteiger partial charge in [0, 0.05) is 16.8 Å². The van der Waals surface area contributed by atoms with Crippen LogP contribution in [0.5, 0.6) is 0 Å². The van der Waals surface area contributed by atoms with E-state index in [9.17, 15) is 4.79 Å².